The molecule has 0 unspecified atom stereocenters. The van der Waals surface area contributed by atoms with Gasteiger partial charge in [-0.2, -0.15) is 0 Å². The molecule has 1 aromatic heterocycles. The smallest absolute Gasteiger partial charge is 0.349 e. The Morgan fingerprint density at radius 1 is 1.39 bits per heavy atom. The molecule has 18 heavy (non-hydrogen) atoms. The van der Waals surface area contributed by atoms with Crippen molar-refractivity contribution in [3.05, 3.63) is 38.8 Å². The lowest BCUT2D eigenvalue weighted by atomic mass is 10.2. The molecule has 6 heteroatoms. The fourth-order valence-corrected chi connectivity index (χ4v) is 2.92. The van der Waals surface area contributed by atoms with Crippen molar-refractivity contribution in [2.75, 3.05) is 7.11 Å². The first-order valence-electron chi connectivity index (χ1n) is 5.04. The van der Waals surface area contributed by atoms with Crippen molar-refractivity contribution in [2.24, 2.45) is 0 Å². The number of hydrogen-bond donors (Lipinski definition) is 0. The van der Waals surface area contributed by atoms with Crippen LogP contribution < -0.4 is 0 Å². The quantitative estimate of drug-likeness (QED) is 0.780. The van der Waals surface area contributed by atoms with Gasteiger partial charge in [0.15, 0.2) is 0 Å². The van der Waals surface area contributed by atoms with Crippen LogP contribution in [0, 0.1) is 6.92 Å². The zero-order valence-corrected chi connectivity index (χ0v) is 12.0. The third-order valence-corrected chi connectivity index (χ3v) is 4.34. The highest BCUT2D eigenvalue weighted by atomic mass is 35.5. The van der Waals surface area contributed by atoms with Crippen molar-refractivity contribution >= 4 is 40.5 Å². The summed E-state index contributed by atoms with van der Waals surface area (Å²) in [5.74, 6) is -0.394. The number of halogens is 2. The van der Waals surface area contributed by atoms with E-state index in [-0.39, 0.29) is 0 Å². The molecule has 0 bridgehead atoms. The highest BCUT2D eigenvalue weighted by molar-refractivity contribution is 7.17. The van der Waals surface area contributed by atoms with E-state index in [4.69, 9.17) is 27.9 Å². The summed E-state index contributed by atoms with van der Waals surface area (Å²) in [5, 5.41) is 1.55. The lowest BCUT2D eigenvalue weighted by Gasteiger charge is -2.01. The zero-order chi connectivity index (χ0) is 13.3. The fourth-order valence-electron chi connectivity index (χ4n) is 1.46. The molecule has 0 fully saturated rings. The van der Waals surface area contributed by atoms with E-state index < -0.39 is 5.97 Å². The standard InChI is InChI=1S/C12H9Cl2NO2S/c1-6-10(12(16)17-2)18-11(15-6)7-4-3-5-8(13)9(7)14/h3-5H,1-2H3. The Kier molecular flexibility index (Phi) is 3.90. The first kappa shape index (κ1) is 13.3. The van der Waals surface area contributed by atoms with Crippen LogP contribution in [-0.2, 0) is 4.74 Å². The average Bonchev–Trinajstić information content (AvgIpc) is 2.73. The Morgan fingerprint density at radius 2 is 2.11 bits per heavy atom. The number of carbonyl (C=O) groups is 1. The van der Waals surface area contributed by atoms with Crippen molar-refractivity contribution in [3.8, 4) is 10.6 Å². The van der Waals surface area contributed by atoms with Gasteiger partial charge in [-0.15, -0.1) is 11.3 Å². The molecule has 1 aromatic carbocycles. The third kappa shape index (κ3) is 2.36. The summed E-state index contributed by atoms with van der Waals surface area (Å²) in [6, 6.07) is 5.31. The molecule has 0 aliphatic carbocycles. The van der Waals surface area contributed by atoms with E-state index in [1.807, 2.05) is 6.07 Å². The van der Waals surface area contributed by atoms with Gasteiger partial charge in [0, 0.05) is 5.56 Å². The second-order valence-corrected chi connectivity index (χ2v) is 5.31. The second-order valence-electron chi connectivity index (χ2n) is 3.53. The van der Waals surface area contributed by atoms with Crippen LogP contribution in [0.4, 0.5) is 0 Å². The molecule has 0 N–H and O–H groups in total. The summed E-state index contributed by atoms with van der Waals surface area (Å²) in [7, 11) is 1.34. The molecule has 0 saturated heterocycles. The maximum Gasteiger partial charge on any atom is 0.349 e. The highest BCUT2D eigenvalue weighted by Gasteiger charge is 2.18. The van der Waals surface area contributed by atoms with Gasteiger partial charge >= 0.3 is 5.97 Å². The minimum Gasteiger partial charge on any atom is -0.465 e. The van der Waals surface area contributed by atoms with Gasteiger partial charge in [0.1, 0.15) is 9.88 Å². The van der Waals surface area contributed by atoms with E-state index in [1.165, 1.54) is 18.4 Å². The lowest BCUT2D eigenvalue weighted by Crippen LogP contribution is -1.99. The Bertz CT molecular complexity index is 610. The average molecular weight is 302 g/mol. The van der Waals surface area contributed by atoms with E-state index in [0.29, 0.717) is 31.2 Å². The van der Waals surface area contributed by atoms with E-state index in [0.717, 1.165) is 0 Å². The van der Waals surface area contributed by atoms with E-state index >= 15 is 0 Å². The van der Waals surface area contributed by atoms with Crippen molar-refractivity contribution in [1.82, 2.24) is 4.98 Å². The summed E-state index contributed by atoms with van der Waals surface area (Å²) in [6.07, 6.45) is 0. The molecular formula is C12H9Cl2NO2S. The fraction of sp³-hybridized carbons (Fsp3) is 0.167. The largest absolute Gasteiger partial charge is 0.465 e. The van der Waals surface area contributed by atoms with E-state index in [1.54, 1.807) is 19.1 Å². The van der Waals surface area contributed by atoms with Gasteiger partial charge in [0.2, 0.25) is 0 Å². The van der Waals surface area contributed by atoms with E-state index in [2.05, 4.69) is 4.98 Å². The Labute approximate surface area is 118 Å². The number of methoxy groups -OCH3 is 1. The normalized spacial score (nSPS) is 10.4. The summed E-state index contributed by atoms with van der Waals surface area (Å²) < 4.78 is 4.69. The van der Waals surface area contributed by atoms with Gasteiger partial charge in [-0.1, -0.05) is 35.3 Å². The van der Waals surface area contributed by atoms with Crippen LogP contribution >= 0.6 is 34.5 Å². The summed E-state index contributed by atoms with van der Waals surface area (Å²) in [4.78, 5) is 16.3. The number of thiazole rings is 1. The number of hydrogen-bond acceptors (Lipinski definition) is 4. The number of esters is 1. The maximum atomic E-state index is 11.5. The molecule has 94 valence electrons. The number of nitrogens with zero attached hydrogens (tertiary/aromatic N) is 1. The molecule has 0 aliphatic heterocycles. The molecule has 0 radical (unpaired) electrons. The molecule has 2 rings (SSSR count). The molecule has 0 amide bonds. The topological polar surface area (TPSA) is 39.2 Å². The van der Waals surface area contributed by atoms with Crippen LogP contribution in [0.3, 0.4) is 0 Å². The third-order valence-electron chi connectivity index (χ3n) is 2.35. The summed E-state index contributed by atoms with van der Waals surface area (Å²) >= 11 is 13.3. The SMILES string of the molecule is COC(=O)c1sc(-c2cccc(Cl)c2Cl)nc1C. The summed E-state index contributed by atoms with van der Waals surface area (Å²) in [5.41, 5.74) is 1.34. The number of benzene rings is 1. The first-order chi connectivity index (χ1) is 8.54. The van der Waals surface area contributed by atoms with Crippen molar-refractivity contribution in [3.63, 3.8) is 0 Å². The summed E-state index contributed by atoms with van der Waals surface area (Å²) in [6.45, 7) is 1.75. The molecule has 0 saturated carbocycles. The van der Waals surface area contributed by atoms with Crippen molar-refractivity contribution in [2.45, 2.75) is 6.92 Å². The Balaban J connectivity index is 2.53. The minimum atomic E-state index is -0.394. The van der Waals surface area contributed by atoms with Gasteiger partial charge < -0.3 is 4.74 Å². The number of aryl methyl sites for hydroxylation is 1. The van der Waals surface area contributed by atoms with Gasteiger partial charge in [0.25, 0.3) is 0 Å². The van der Waals surface area contributed by atoms with Crippen LogP contribution in [-0.4, -0.2) is 18.1 Å². The highest BCUT2D eigenvalue weighted by Crippen LogP contribution is 2.36. The zero-order valence-electron chi connectivity index (χ0n) is 9.66. The molecule has 0 spiro atoms. The van der Waals surface area contributed by atoms with Gasteiger partial charge in [0.05, 0.1) is 22.8 Å². The van der Waals surface area contributed by atoms with Gasteiger partial charge in [-0.25, -0.2) is 9.78 Å². The number of carbonyl (C=O) groups excluding carboxylic acids is 1. The van der Waals surface area contributed by atoms with Crippen LogP contribution in [0.25, 0.3) is 10.6 Å². The molecule has 2 aromatic rings. The van der Waals surface area contributed by atoms with Gasteiger partial charge in [-0.3, -0.25) is 0 Å². The van der Waals surface area contributed by atoms with Crippen molar-refractivity contribution < 1.29 is 9.53 Å². The van der Waals surface area contributed by atoms with Crippen molar-refractivity contribution in [1.29, 1.82) is 0 Å². The van der Waals surface area contributed by atoms with Crippen LogP contribution in [0.15, 0.2) is 18.2 Å². The molecule has 3 nitrogen and oxygen atoms in total. The second kappa shape index (κ2) is 5.26. The monoisotopic (exact) mass is 301 g/mol. The minimum absolute atomic E-state index is 0.394. The number of rotatable bonds is 2. The number of ether oxygens (including phenoxy) is 1. The Hall–Kier alpha value is -1.10. The number of aromatic nitrogens is 1. The lowest BCUT2D eigenvalue weighted by molar-refractivity contribution is 0.0605. The predicted octanol–water partition coefficient (Wildman–Crippen LogP) is 4.21. The maximum absolute atomic E-state index is 11.5. The van der Waals surface area contributed by atoms with E-state index in [9.17, 15) is 4.79 Å². The van der Waals surface area contributed by atoms with Crippen LogP contribution in [0.5, 0.6) is 0 Å². The van der Waals surface area contributed by atoms with Crippen LogP contribution in [0.1, 0.15) is 15.4 Å². The molecular weight excluding hydrogens is 293 g/mol. The first-order valence-corrected chi connectivity index (χ1v) is 6.62. The molecule has 1 heterocycles. The molecule has 0 aliphatic rings. The van der Waals surface area contributed by atoms with Gasteiger partial charge in [-0.05, 0) is 13.0 Å². The van der Waals surface area contributed by atoms with Crippen LogP contribution in [0.2, 0.25) is 10.0 Å². The molecule has 0 atom stereocenters. The predicted molar refractivity (Wildman–Crippen MR) is 73.6 cm³/mol. The Morgan fingerprint density at radius 3 is 2.78 bits per heavy atom.